The van der Waals surface area contributed by atoms with Gasteiger partial charge in [-0.3, -0.25) is 4.98 Å². The van der Waals surface area contributed by atoms with Gasteiger partial charge in [0, 0.05) is 34.0 Å². The van der Waals surface area contributed by atoms with Crippen molar-refractivity contribution < 1.29 is 4.74 Å². The summed E-state index contributed by atoms with van der Waals surface area (Å²) in [6, 6.07) is 5.98. The summed E-state index contributed by atoms with van der Waals surface area (Å²) < 4.78 is 9.99. The molecule has 0 bridgehead atoms. The van der Waals surface area contributed by atoms with Gasteiger partial charge in [0.1, 0.15) is 5.69 Å². The minimum atomic E-state index is 0.611. The van der Waals surface area contributed by atoms with Crippen molar-refractivity contribution >= 4 is 33.6 Å². The van der Waals surface area contributed by atoms with Crippen LogP contribution in [0.15, 0.2) is 40.0 Å². The van der Waals surface area contributed by atoms with Crippen molar-refractivity contribution in [2.75, 3.05) is 32.0 Å². The van der Waals surface area contributed by atoms with E-state index in [2.05, 4.69) is 49.6 Å². The zero-order valence-corrected chi connectivity index (χ0v) is 15.9. The second-order valence-electron chi connectivity index (χ2n) is 5.35. The van der Waals surface area contributed by atoms with Gasteiger partial charge in [-0.2, -0.15) is 0 Å². The largest absolute Gasteiger partial charge is 0.476 e. The Morgan fingerprint density at radius 1 is 1.26 bits per heavy atom. The standard InChI is InChI=1S/C16H21BrN4OS/c1-12-5-6-14(11-18-12)23-20-15-9-13(17)10-19-16(15)22-8-4-7-21(2)3/h5-6,9-11,20H,4,7-8H2,1-3H3. The molecule has 0 aliphatic carbocycles. The lowest BCUT2D eigenvalue weighted by atomic mass is 10.4. The van der Waals surface area contributed by atoms with Gasteiger partial charge in [-0.15, -0.1) is 0 Å². The minimum Gasteiger partial charge on any atom is -0.476 e. The van der Waals surface area contributed by atoms with Gasteiger partial charge in [0.25, 0.3) is 0 Å². The Balaban J connectivity index is 1.96. The fourth-order valence-electron chi connectivity index (χ4n) is 1.79. The van der Waals surface area contributed by atoms with Crippen LogP contribution in [-0.2, 0) is 0 Å². The summed E-state index contributed by atoms with van der Waals surface area (Å²) >= 11 is 4.93. The van der Waals surface area contributed by atoms with E-state index >= 15 is 0 Å². The molecule has 0 saturated carbocycles. The van der Waals surface area contributed by atoms with Crippen molar-refractivity contribution in [3.8, 4) is 5.88 Å². The third-order valence-corrected chi connectivity index (χ3v) is 4.20. The smallest absolute Gasteiger partial charge is 0.238 e. The highest BCUT2D eigenvalue weighted by Gasteiger charge is 2.07. The summed E-state index contributed by atoms with van der Waals surface area (Å²) in [5.74, 6) is 0.611. The molecule has 2 aromatic rings. The number of aromatic nitrogens is 2. The zero-order valence-electron chi connectivity index (χ0n) is 13.5. The number of nitrogens with one attached hydrogen (secondary N) is 1. The van der Waals surface area contributed by atoms with E-state index in [4.69, 9.17) is 4.74 Å². The first-order chi connectivity index (χ1) is 11.0. The number of halogens is 1. The van der Waals surface area contributed by atoms with Gasteiger partial charge in [-0.05, 0) is 73.5 Å². The molecule has 0 unspecified atom stereocenters. The van der Waals surface area contributed by atoms with Gasteiger partial charge in [0.2, 0.25) is 5.88 Å². The van der Waals surface area contributed by atoms with Gasteiger partial charge < -0.3 is 14.4 Å². The van der Waals surface area contributed by atoms with Crippen LogP contribution in [0, 0.1) is 6.92 Å². The highest BCUT2D eigenvalue weighted by Crippen LogP contribution is 2.30. The van der Waals surface area contributed by atoms with Crippen LogP contribution in [0.25, 0.3) is 0 Å². The molecule has 0 fully saturated rings. The predicted molar refractivity (Wildman–Crippen MR) is 99.1 cm³/mol. The van der Waals surface area contributed by atoms with Crippen LogP contribution in [-0.4, -0.2) is 42.1 Å². The molecule has 0 radical (unpaired) electrons. The summed E-state index contributed by atoms with van der Waals surface area (Å²) in [4.78, 5) is 11.8. The van der Waals surface area contributed by atoms with Crippen molar-refractivity contribution in [1.29, 1.82) is 0 Å². The topological polar surface area (TPSA) is 50.3 Å². The second kappa shape index (κ2) is 9.10. The summed E-state index contributed by atoms with van der Waals surface area (Å²) in [6.45, 7) is 3.60. The predicted octanol–water partition coefficient (Wildman–Crippen LogP) is 4.00. The van der Waals surface area contributed by atoms with Crippen LogP contribution in [0.3, 0.4) is 0 Å². The molecule has 23 heavy (non-hydrogen) atoms. The second-order valence-corrected chi connectivity index (χ2v) is 7.15. The maximum atomic E-state index is 5.80. The summed E-state index contributed by atoms with van der Waals surface area (Å²) in [5.41, 5.74) is 1.85. The first-order valence-electron chi connectivity index (χ1n) is 7.33. The number of nitrogens with zero attached hydrogens (tertiary/aromatic N) is 3. The molecule has 0 aliphatic heterocycles. The van der Waals surface area contributed by atoms with Gasteiger partial charge in [-0.1, -0.05) is 0 Å². The minimum absolute atomic E-state index is 0.611. The molecule has 0 aliphatic rings. The summed E-state index contributed by atoms with van der Waals surface area (Å²) in [6.07, 6.45) is 4.54. The lowest BCUT2D eigenvalue weighted by Crippen LogP contribution is -2.15. The average molecular weight is 397 g/mol. The van der Waals surface area contributed by atoms with Crippen molar-refractivity contribution in [1.82, 2.24) is 14.9 Å². The highest BCUT2D eigenvalue weighted by molar-refractivity contribution is 9.10. The molecule has 7 heteroatoms. The molecule has 0 amide bonds. The molecule has 124 valence electrons. The van der Waals surface area contributed by atoms with Crippen LogP contribution in [0.5, 0.6) is 5.88 Å². The van der Waals surface area contributed by atoms with Crippen LogP contribution in [0.4, 0.5) is 5.69 Å². The third-order valence-electron chi connectivity index (χ3n) is 2.97. The highest BCUT2D eigenvalue weighted by atomic mass is 79.9. The molecular weight excluding hydrogens is 376 g/mol. The van der Waals surface area contributed by atoms with E-state index in [0.717, 1.165) is 33.7 Å². The monoisotopic (exact) mass is 396 g/mol. The normalized spacial score (nSPS) is 10.8. The number of hydrogen-bond donors (Lipinski definition) is 1. The Labute approximate surface area is 150 Å². The zero-order chi connectivity index (χ0) is 16.7. The Hall–Kier alpha value is -1.31. The van der Waals surface area contributed by atoms with E-state index in [1.807, 2.05) is 31.3 Å². The fourth-order valence-corrected chi connectivity index (χ4v) is 2.74. The molecule has 2 aromatic heterocycles. The van der Waals surface area contributed by atoms with E-state index in [1.54, 1.807) is 6.20 Å². The number of pyridine rings is 2. The van der Waals surface area contributed by atoms with Crippen molar-refractivity contribution in [3.63, 3.8) is 0 Å². The molecule has 1 N–H and O–H groups in total. The van der Waals surface area contributed by atoms with Gasteiger partial charge in [0.15, 0.2) is 0 Å². The molecule has 0 aromatic carbocycles. The van der Waals surface area contributed by atoms with Gasteiger partial charge in [-0.25, -0.2) is 4.98 Å². The van der Waals surface area contributed by atoms with Crippen LogP contribution in [0.1, 0.15) is 12.1 Å². The Bertz CT molecular complexity index is 622. The molecule has 2 rings (SSSR count). The van der Waals surface area contributed by atoms with Crippen molar-refractivity contribution in [2.45, 2.75) is 18.2 Å². The maximum Gasteiger partial charge on any atom is 0.238 e. The molecule has 2 heterocycles. The lowest BCUT2D eigenvalue weighted by Gasteiger charge is -2.13. The first-order valence-corrected chi connectivity index (χ1v) is 8.94. The lowest BCUT2D eigenvalue weighted by molar-refractivity contribution is 0.274. The van der Waals surface area contributed by atoms with E-state index in [-0.39, 0.29) is 0 Å². The summed E-state index contributed by atoms with van der Waals surface area (Å²) in [5, 5.41) is 0. The molecule has 0 spiro atoms. The number of rotatable bonds is 8. The van der Waals surface area contributed by atoms with Crippen LogP contribution >= 0.6 is 27.9 Å². The molecular formula is C16H21BrN4OS. The SMILES string of the molecule is Cc1ccc(SNc2cc(Br)cnc2OCCCN(C)C)cn1. The first kappa shape index (κ1) is 18.0. The quantitative estimate of drug-likeness (QED) is 0.537. The fraction of sp³-hybridized carbons (Fsp3) is 0.375. The summed E-state index contributed by atoms with van der Waals surface area (Å²) in [7, 11) is 4.11. The van der Waals surface area contributed by atoms with E-state index in [9.17, 15) is 0 Å². The van der Waals surface area contributed by atoms with Gasteiger partial charge in [0.05, 0.1) is 6.61 Å². The van der Waals surface area contributed by atoms with E-state index < -0.39 is 0 Å². The third kappa shape index (κ3) is 6.37. The van der Waals surface area contributed by atoms with E-state index in [1.165, 1.54) is 11.9 Å². The van der Waals surface area contributed by atoms with Crippen LogP contribution < -0.4 is 9.46 Å². The van der Waals surface area contributed by atoms with Crippen molar-refractivity contribution in [2.24, 2.45) is 0 Å². The Morgan fingerprint density at radius 2 is 2.09 bits per heavy atom. The Kier molecular flexibility index (Phi) is 7.14. The number of anilines is 1. The maximum absolute atomic E-state index is 5.80. The molecule has 0 atom stereocenters. The van der Waals surface area contributed by atoms with E-state index in [0.29, 0.717) is 12.5 Å². The number of ether oxygens (including phenoxy) is 1. The Morgan fingerprint density at radius 3 is 2.78 bits per heavy atom. The number of hydrogen-bond acceptors (Lipinski definition) is 6. The average Bonchev–Trinajstić information content (AvgIpc) is 2.52. The molecule has 5 nitrogen and oxygen atoms in total. The van der Waals surface area contributed by atoms with Crippen LogP contribution in [0.2, 0.25) is 0 Å². The van der Waals surface area contributed by atoms with Crippen molar-refractivity contribution in [3.05, 3.63) is 40.8 Å². The van der Waals surface area contributed by atoms with Gasteiger partial charge >= 0.3 is 0 Å². The number of aryl methyl sites for hydroxylation is 1. The molecule has 0 saturated heterocycles.